The lowest BCUT2D eigenvalue weighted by molar-refractivity contribution is 0.606. The standard InChI is InChI=1S/C8H5ClN2O2S/c9-14(12,13)7-4-3-6-2-1-5-10-8(6)11-7/h1-5H. The Labute approximate surface area is 85.0 Å². The van der Waals surface area contributed by atoms with E-state index >= 15 is 0 Å². The second kappa shape index (κ2) is 3.18. The average molecular weight is 229 g/mol. The van der Waals surface area contributed by atoms with Crippen LogP contribution in [-0.2, 0) is 9.05 Å². The zero-order valence-electron chi connectivity index (χ0n) is 6.88. The minimum absolute atomic E-state index is 0.176. The molecular formula is C8H5ClN2O2S. The normalized spacial score (nSPS) is 11.8. The van der Waals surface area contributed by atoms with Gasteiger partial charge in [-0.15, -0.1) is 0 Å². The first kappa shape index (κ1) is 9.36. The second-order valence-electron chi connectivity index (χ2n) is 2.64. The summed E-state index contributed by atoms with van der Waals surface area (Å²) in [5.74, 6) is 0. The maximum Gasteiger partial charge on any atom is 0.278 e. The molecule has 0 aromatic carbocycles. The third-order valence-corrected chi connectivity index (χ3v) is 2.89. The van der Waals surface area contributed by atoms with Crippen LogP contribution in [0.4, 0.5) is 0 Å². The van der Waals surface area contributed by atoms with Gasteiger partial charge in [0.15, 0.2) is 10.7 Å². The third kappa shape index (κ3) is 1.69. The first-order valence-corrected chi connectivity index (χ1v) is 6.05. The van der Waals surface area contributed by atoms with Gasteiger partial charge in [0, 0.05) is 22.3 Å². The fraction of sp³-hybridized carbons (Fsp3) is 0. The minimum atomic E-state index is -3.77. The van der Waals surface area contributed by atoms with Gasteiger partial charge in [-0.3, -0.25) is 0 Å². The Kier molecular flexibility index (Phi) is 2.13. The predicted molar refractivity (Wildman–Crippen MR) is 52.6 cm³/mol. The SMILES string of the molecule is O=S(=O)(Cl)c1ccc2cccnc2n1. The van der Waals surface area contributed by atoms with Crippen molar-refractivity contribution in [2.45, 2.75) is 5.03 Å². The van der Waals surface area contributed by atoms with Crippen LogP contribution in [0.1, 0.15) is 0 Å². The molecule has 72 valence electrons. The third-order valence-electron chi connectivity index (χ3n) is 1.69. The van der Waals surface area contributed by atoms with Gasteiger partial charge in [0.1, 0.15) is 0 Å². The van der Waals surface area contributed by atoms with Crippen molar-refractivity contribution in [1.82, 2.24) is 9.97 Å². The molecule has 0 bridgehead atoms. The number of halogens is 1. The predicted octanol–water partition coefficient (Wildman–Crippen LogP) is 1.56. The average Bonchev–Trinajstić information content (AvgIpc) is 2.16. The van der Waals surface area contributed by atoms with E-state index in [-0.39, 0.29) is 5.03 Å². The monoisotopic (exact) mass is 228 g/mol. The maximum atomic E-state index is 11.0. The molecule has 0 fully saturated rings. The minimum Gasteiger partial charge on any atom is -0.237 e. The lowest BCUT2D eigenvalue weighted by atomic mass is 10.3. The molecule has 0 atom stereocenters. The van der Waals surface area contributed by atoms with E-state index in [0.717, 1.165) is 5.39 Å². The maximum absolute atomic E-state index is 11.0. The smallest absolute Gasteiger partial charge is 0.237 e. The molecule has 0 aliphatic heterocycles. The molecule has 2 aromatic heterocycles. The molecule has 2 rings (SSSR count). The van der Waals surface area contributed by atoms with Gasteiger partial charge in [-0.25, -0.2) is 18.4 Å². The molecule has 6 heteroatoms. The highest BCUT2D eigenvalue weighted by Gasteiger charge is 2.11. The molecule has 2 heterocycles. The first-order valence-electron chi connectivity index (χ1n) is 3.74. The van der Waals surface area contributed by atoms with Crippen molar-refractivity contribution in [1.29, 1.82) is 0 Å². The summed E-state index contributed by atoms with van der Waals surface area (Å²) in [5.41, 5.74) is 0.370. The van der Waals surface area contributed by atoms with Gasteiger partial charge in [0.2, 0.25) is 0 Å². The summed E-state index contributed by atoms with van der Waals surface area (Å²) in [6.07, 6.45) is 1.54. The lowest BCUT2D eigenvalue weighted by Crippen LogP contribution is -1.95. The molecule has 0 saturated carbocycles. The Morgan fingerprint density at radius 2 is 2.00 bits per heavy atom. The summed E-state index contributed by atoms with van der Waals surface area (Å²) >= 11 is 0. The van der Waals surface area contributed by atoms with E-state index in [1.807, 2.05) is 0 Å². The Bertz CT molecular complexity index is 583. The zero-order valence-corrected chi connectivity index (χ0v) is 8.46. The molecule has 0 aliphatic rings. The summed E-state index contributed by atoms with van der Waals surface area (Å²) in [6, 6.07) is 6.51. The molecule has 0 saturated heterocycles. The number of nitrogens with zero attached hydrogens (tertiary/aromatic N) is 2. The van der Waals surface area contributed by atoms with Crippen molar-refractivity contribution < 1.29 is 8.42 Å². The fourth-order valence-corrected chi connectivity index (χ4v) is 1.76. The number of fused-ring (bicyclic) bond motifs is 1. The van der Waals surface area contributed by atoms with Gasteiger partial charge in [0.25, 0.3) is 9.05 Å². The van der Waals surface area contributed by atoms with E-state index in [4.69, 9.17) is 10.7 Å². The first-order chi connectivity index (χ1) is 6.57. The van der Waals surface area contributed by atoms with E-state index in [0.29, 0.717) is 5.65 Å². The molecule has 0 unspecified atom stereocenters. The number of hydrogen-bond donors (Lipinski definition) is 0. The van der Waals surface area contributed by atoms with Crippen LogP contribution >= 0.6 is 10.7 Å². The summed E-state index contributed by atoms with van der Waals surface area (Å²) in [5, 5.41) is 0.599. The number of aromatic nitrogens is 2. The lowest BCUT2D eigenvalue weighted by Gasteiger charge is -1.97. The Hall–Kier alpha value is -1.20. The summed E-state index contributed by atoms with van der Waals surface area (Å²) in [7, 11) is 1.37. The summed E-state index contributed by atoms with van der Waals surface area (Å²) < 4.78 is 21.9. The largest absolute Gasteiger partial charge is 0.278 e. The molecule has 2 aromatic rings. The molecule has 0 amide bonds. The van der Waals surface area contributed by atoms with Crippen LogP contribution in [0.2, 0.25) is 0 Å². The van der Waals surface area contributed by atoms with Crippen LogP contribution in [0.3, 0.4) is 0 Å². The van der Waals surface area contributed by atoms with E-state index in [1.165, 1.54) is 6.07 Å². The molecule has 14 heavy (non-hydrogen) atoms. The van der Waals surface area contributed by atoms with Gasteiger partial charge in [-0.05, 0) is 24.3 Å². The summed E-state index contributed by atoms with van der Waals surface area (Å²) in [6.45, 7) is 0. The van der Waals surface area contributed by atoms with Crippen LogP contribution < -0.4 is 0 Å². The van der Waals surface area contributed by atoms with Crippen LogP contribution in [0, 0.1) is 0 Å². The quantitative estimate of drug-likeness (QED) is 0.695. The van der Waals surface area contributed by atoms with Crippen molar-refractivity contribution in [2.75, 3.05) is 0 Å². The highest BCUT2D eigenvalue weighted by molar-refractivity contribution is 8.13. The Morgan fingerprint density at radius 3 is 2.71 bits per heavy atom. The molecular weight excluding hydrogens is 224 g/mol. The highest BCUT2D eigenvalue weighted by atomic mass is 35.7. The van der Waals surface area contributed by atoms with Crippen LogP contribution in [0.25, 0.3) is 11.0 Å². The number of pyridine rings is 2. The van der Waals surface area contributed by atoms with E-state index < -0.39 is 9.05 Å². The second-order valence-corrected chi connectivity index (χ2v) is 5.15. The number of rotatable bonds is 1. The molecule has 0 N–H and O–H groups in total. The topological polar surface area (TPSA) is 59.9 Å². The molecule has 4 nitrogen and oxygen atoms in total. The van der Waals surface area contributed by atoms with Crippen molar-refractivity contribution >= 4 is 30.8 Å². The Morgan fingerprint density at radius 1 is 1.21 bits per heavy atom. The number of hydrogen-bond acceptors (Lipinski definition) is 4. The van der Waals surface area contributed by atoms with Gasteiger partial charge in [-0.1, -0.05) is 0 Å². The van der Waals surface area contributed by atoms with Crippen LogP contribution in [0.5, 0.6) is 0 Å². The summed E-state index contributed by atoms with van der Waals surface area (Å²) in [4.78, 5) is 7.74. The molecule has 0 radical (unpaired) electrons. The molecule has 0 aliphatic carbocycles. The van der Waals surface area contributed by atoms with Crippen LogP contribution in [0.15, 0.2) is 35.5 Å². The van der Waals surface area contributed by atoms with Gasteiger partial charge in [-0.2, -0.15) is 0 Å². The fourth-order valence-electron chi connectivity index (χ4n) is 1.07. The van der Waals surface area contributed by atoms with Crippen molar-refractivity contribution in [3.05, 3.63) is 30.5 Å². The Balaban J connectivity index is 2.75. The zero-order chi connectivity index (χ0) is 10.2. The van der Waals surface area contributed by atoms with Gasteiger partial charge in [0.05, 0.1) is 0 Å². The highest BCUT2D eigenvalue weighted by Crippen LogP contribution is 2.15. The van der Waals surface area contributed by atoms with Gasteiger partial charge < -0.3 is 0 Å². The molecule has 0 spiro atoms. The van der Waals surface area contributed by atoms with Crippen molar-refractivity contribution in [2.24, 2.45) is 0 Å². The van der Waals surface area contributed by atoms with Crippen molar-refractivity contribution in [3.8, 4) is 0 Å². The van der Waals surface area contributed by atoms with E-state index in [2.05, 4.69) is 9.97 Å². The van der Waals surface area contributed by atoms with E-state index in [1.54, 1.807) is 24.4 Å². The van der Waals surface area contributed by atoms with Crippen LogP contribution in [-0.4, -0.2) is 18.4 Å². The van der Waals surface area contributed by atoms with Gasteiger partial charge >= 0.3 is 0 Å². The van der Waals surface area contributed by atoms with E-state index in [9.17, 15) is 8.42 Å². The van der Waals surface area contributed by atoms with Crippen molar-refractivity contribution in [3.63, 3.8) is 0 Å².